The Kier molecular flexibility index (Phi) is 3.48. The van der Waals surface area contributed by atoms with Crippen LogP contribution in [-0.2, 0) is 0 Å². The lowest BCUT2D eigenvalue weighted by Crippen LogP contribution is -2.12. The number of nitrogens with zero attached hydrogens (tertiary/aromatic N) is 1. The molecule has 2 rings (SSSR count). The largest absolute Gasteiger partial charge is 0.506 e. The van der Waals surface area contributed by atoms with Gasteiger partial charge in [0, 0.05) is 0 Å². The van der Waals surface area contributed by atoms with Crippen molar-refractivity contribution in [2.75, 3.05) is 5.32 Å². The van der Waals surface area contributed by atoms with Gasteiger partial charge in [0.2, 0.25) is 0 Å². The third kappa shape index (κ3) is 2.71. The summed E-state index contributed by atoms with van der Waals surface area (Å²) in [6.07, 6.45) is 0. The second-order valence-corrected chi connectivity index (χ2v) is 4.61. The van der Waals surface area contributed by atoms with Crippen LogP contribution in [-0.4, -0.2) is 27.1 Å². The molecule has 1 aromatic carbocycles. The van der Waals surface area contributed by atoms with E-state index in [2.05, 4.69) is 10.3 Å². The Balaban J connectivity index is 2.28. The number of nitrogens with one attached hydrogen (secondary N) is 1. The molecular formula is C12H10N2O4S. The maximum Gasteiger partial charge on any atom is 0.335 e. The molecule has 0 aliphatic carbocycles. The van der Waals surface area contributed by atoms with Gasteiger partial charge in [-0.2, -0.15) is 0 Å². The average molecular weight is 278 g/mol. The fourth-order valence-corrected chi connectivity index (χ4v) is 2.17. The van der Waals surface area contributed by atoms with Crippen molar-refractivity contribution in [3.05, 3.63) is 39.8 Å². The summed E-state index contributed by atoms with van der Waals surface area (Å²) < 4.78 is 0. The molecule has 1 amide bonds. The van der Waals surface area contributed by atoms with Crippen molar-refractivity contribution in [3.8, 4) is 5.75 Å². The second kappa shape index (κ2) is 5.07. The van der Waals surface area contributed by atoms with Crippen LogP contribution in [0.2, 0.25) is 0 Å². The molecule has 98 valence electrons. The first-order chi connectivity index (χ1) is 8.99. The molecule has 1 aromatic heterocycles. The molecule has 0 fully saturated rings. The Bertz CT molecular complexity index is 651. The first kappa shape index (κ1) is 13.0. The molecular weight excluding hydrogens is 268 g/mol. The third-order valence-electron chi connectivity index (χ3n) is 2.44. The molecule has 3 N–H and O–H groups in total. The van der Waals surface area contributed by atoms with Gasteiger partial charge in [0.05, 0.1) is 22.5 Å². The number of carbonyl (C=O) groups is 2. The highest BCUT2D eigenvalue weighted by Crippen LogP contribution is 2.25. The molecule has 6 nitrogen and oxygen atoms in total. The summed E-state index contributed by atoms with van der Waals surface area (Å²) in [5, 5.41) is 20.9. The quantitative estimate of drug-likeness (QED) is 0.747. The molecule has 0 spiro atoms. The highest BCUT2D eigenvalue weighted by Gasteiger charge is 2.15. The van der Waals surface area contributed by atoms with Crippen molar-refractivity contribution in [2.24, 2.45) is 0 Å². The van der Waals surface area contributed by atoms with Gasteiger partial charge in [-0.3, -0.25) is 4.79 Å². The summed E-state index contributed by atoms with van der Waals surface area (Å²) >= 11 is 1.17. The molecule has 1 heterocycles. The van der Waals surface area contributed by atoms with E-state index in [0.717, 1.165) is 0 Å². The molecule has 0 bridgehead atoms. The number of aromatic hydroxyl groups is 1. The van der Waals surface area contributed by atoms with Crippen LogP contribution in [0.1, 0.15) is 25.7 Å². The Morgan fingerprint density at radius 1 is 1.37 bits per heavy atom. The number of phenols is 1. The fraction of sp³-hybridized carbons (Fsp3) is 0.0833. The SMILES string of the molecule is Cc1ncsc1C(=O)Nc1cc(C(=O)O)ccc1O. The Morgan fingerprint density at radius 2 is 2.11 bits per heavy atom. The number of rotatable bonds is 3. The van der Waals surface area contributed by atoms with Crippen LogP contribution >= 0.6 is 11.3 Å². The van der Waals surface area contributed by atoms with Crippen molar-refractivity contribution >= 4 is 28.9 Å². The lowest BCUT2D eigenvalue weighted by Gasteiger charge is -2.07. The number of carboxylic acids is 1. The number of hydrogen-bond donors (Lipinski definition) is 3. The van der Waals surface area contributed by atoms with E-state index in [4.69, 9.17) is 5.11 Å². The van der Waals surface area contributed by atoms with E-state index >= 15 is 0 Å². The molecule has 7 heteroatoms. The van der Waals surface area contributed by atoms with E-state index in [9.17, 15) is 14.7 Å². The smallest absolute Gasteiger partial charge is 0.335 e. The lowest BCUT2D eigenvalue weighted by molar-refractivity contribution is 0.0696. The van der Waals surface area contributed by atoms with Gasteiger partial charge in [-0.1, -0.05) is 0 Å². The predicted octanol–water partition coefficient (Wildman–Crippen LogP) is 2.11. The molecule has 19 heavy (non-hydrogen) atoms. The normalized spacial score (nSPS) is 10.2. The minimum Gasteiger partial charge on any atom is -0.506 e. The van der Waals surface area contributed by atoms with Gasteiger partial charge < -0.3 is 15.5 Å². The summed E-state index contributed by atoms with van der Waals surface area (Å²) in [5.41, 5.74) is 2.15. The van der Waals surface area contributed by atoms with Crippen LogP contribution in [0.15, 0.2) is 23.7 Å². The van der Waals surface area contributed by atoms with Crippen LogP contribution < -0.4 is 5.32 Å². The summed E-state index contributed by atoms with van der Waals surface area (Å²) in [7, 11) is 0. The number of phenolic OH excluding ortho intramolecular Hbond substituents is 1. The number of carboxylic acid groups (broad SMARTS) is 1. The number of carbonyl (C=O) groups excluding carboxylic acids is 1. The summed E-state index contributed by atoms with van der Waals surface area (Å²) in [4.78, 5) is 27.1. The van der Waals surface area contributed by atoms with Crippen LogP contribution in [0.4, 0.5) is 5.69 Å². The highest BCUT2D eigenvalue weighted by molar-refractivity contribution is 7.12. The zero-order chi connectivity index (χ0) is 14.0. The van der Waals surface area contributed by atoms with Gasteiger partial charge in [-0.15, -0.1) is 11.3 Å². The van der Waals surface area contributed by atoms with E-state index in [1.165, 1.54) is 35.0 Å². The van der Waals surface area contributed by atoms with Gasteiger partial charge >= 0.3 is 5.97 Å². The third-order valence-corrected chi connectivity index (χ3v) is 3.37. The van der Waals surface area contributed by atoms with E-state index in [0.29, 0.717) is 10.6 Å². The Labute approximate surface area is 112 Å². The van der Waals surface area contributed by atoms with Gasteiger partial charge in [0.1, 0.15) is 10.6 Å². The van der Waals surface area contributed by atoms with Crippen LogP contribution in [0.5, 0.6) is 5.75 Å². The monoisotopic (exact) mass is 278 g/mol. The summed E-state index contributed by atoms with van der Waals surface area (Å²) in [6, 6.07) is 3.68. The standard InChI is InChI=1S/C12H10N2O4S/c1-6-10(19-5-13-6)11(16)14-8-4-7(12(17)18)2-3-9(8)15/h2-5,15H,1H3,(H,14,16)(H,17,18). The number of aryl methyl sites for hydroxylation is 1. The molecule has 0 saturated carbocycles. The van der Waals surface area contributed by atoms with Crippen LogP contribution in [0.3, 0.4) is 0 Å². The van der Waals surface area contributed by atoms with Crippen molar-refractivity contribution in [3.63, 3.8) is 0 Å². The molecule has 0 aliphatic rings. The number of hydrogen-bond acceptors (Lipinski definition) is 5. The number of benzene rings is 1. The van der Waals surface area contributed by atoms with Crippen molar-refractivity contribution in [2.45, 2.75) is 6.92 Å². The number of amides is 1. The topological polar surface area (TPSA) is 99.5 Å². The number of aromatic carboxylic acids is 1. The fourth-order valence-electron chi connectivity index (χ4n) is 1.47. The molecule has 0 atom stereocenters. The molecule has 0 radical (unpaired) electrons. The van der Waals surface area contributed by atoms with Crippen molar-refractivity contribution < 1.29 is 19.8 Å². The summed E-state index contributed by atoms with van der Waals surface area (Å²) in [5.74, 6) is -1.76. The maximum atomic E-state index is 11.9. The zero-order valence-corrected chi connectivity index (χ0v) is 10.7. The first-order valence-electron chi connectivity index (χ1n) is 5.27. The van der Waals surface area contributed by atoms with E-state index in [1.54, 1.807) is 6.92 Å². The Hall–Kier alpha value is -2.41. The molecule has 0 unspecified atom stereocenters. The predicted molar refractivity (Wildman–Crippen MR) is 69.9 cm³/mol. The Morgan fingerprint density at radius 3 is 2.68 bits per heavy atom. The minimum absolute atomic E-state index is 0.0193. The maximum absolute atomic E-state index is 11.9. The van der Waals surface area contributed by atoms with Gasteiger partial charge in [-0.05, 0) is 25.1 Å². The van der Waals surface area contributed by atoms with Crippen LogP contribution in [0.25, 0.3) is 0 Å². The minimum atomic E-state index is -1.13. The highest BCUT2D eigenvalue weighted by atomic mass is 32.1. The molecule has 2 aromatic rings. The molecule has 0 saturated heterocycles. The first-order valence-corrected chi connectivity index (χ1v) is 6.14. The van der Waals surface area contributed by atoms with Crippen molar-refractivity contribution in [1.82, 2.24) is 4.98 Å². The van der Waals surface area contributed by atoms with Gasteiger partial charge in [-0.25, -0.2) is 9.78 Å². The second-order valence-electron chi connectivity index (χ2n) is 3.76. The van der Waals surface area contributed by atoms with Crippen molar-refractivity contribution in [1.29, 1.82) is 0 Å². The zero-order valence-electron chi connectivity index (χ0n) is 9.88. The van der Waals surface area contributed by atoms with Crippen LogP contribution in [0, 0.1) is 6.92 Å². The van der Waals surface area contributed by atoms with E-state index in [1.807, 2.05) is 0 Å². The lowest BCUT2D eigenvalue weighted by atomic mass is 10.2. The number of anilines is 1. The van der Waals surface area contributed by atoms with Gasteiger partial charge in [0.25, 0.3) is 5.91 Å². The number of aromatic nitrogens is 1. The number of thiazole rings is 1. The van der Waals surface area contributed by atoms with Gasteiger partial charge in [0.15, 0.2) is 0 Å². The summed E-state index contributed by atoms with van der Waals surface area (Å²) in [6.45, 7) is 1.69. The van der Waals surface area contributed by atoms with E-state index in [-0.39, 0.29) is 17.0 Å². The average Bonchev–Trinajstić information content (AvgIpc) is 2.78. The molecule has 0 aliphatic heterocycles. The van der Waals surface area contributed by atoms with E-state index < -0.39 is 11.9 Å².